The molecular weight excluding hydrogens is 464 g/mol. The van der Waals surface area contributed by atoms with E-state index in [1.54, 1.807) is 18.1 Å². The lowest BCUT2D eigenvalue weighted by Crippen LogP contribution is -2.52. The summed E-state index contributed by atoms with van der Waals surface area (Å²) in [5.41, 5.74) is 1.06. The zero-order chi connectivity index (χ0) is 25.4. The predicted octanol–water partition coefficient (Wildman–Crippen LogP) is 1.13. The molecule has 3 heterocycles. The lowest BCUT2D eigenvalue weighted by atomic mass is 9.90. The second-order valence-electron chi connectivity index (χ2n) is 10.3. The minimum absolute atomic E-state index is 0.0683. The predicted molar refractivity (Wildman–Crippen MR) is 130 cm³/mol. The van der Waals surface area contributed by atoms with E-state index >= 15 is 0 Å². The van der Waals surface area contributed by atoms with Crippen molar-refractivity contribution in [3.8, 4) is 5.75 Å². The molecule has 10 nitrogen and oxygen atoms in total. The maximum Gasteiger partial charge on any atom is 0.271 e. The van der Waals surface area contributed by atoms with Gasteiger partial charge in [-0.15, -0.1) is 0 Å². The van der Waals surface area contributed by atoms with Gasteiger partial charge in [0.05, 0.1) is 13.2 Å². The van der Waals surface area contributed by atoms with Crippen LogP contribution in [0.2, 0.25) is 0 Å². The Bertz CT molecular complexity index is 1200. The third kappa shape index (κ3) is 4.57. The number of nitrogens with one attached hydrogen (secondary N) is 3. The van der Waals surface area contributed by atoms with Crippen molar-refractivity contribution in [3.63, 3.8) is 0 Å². The van der Waals surface area contributed by atoms with Crippen molar-refractivity contribution >= 4 is 34.4 Å². The molecule has 3 amide bonds. The van der Waals surface area contributed by atoms with E-state index in [0.29, 0.717) is 37.4 Å². The molecule has 2 aliphatic heterocycles. The number of hydrogen-bond donors (Lipinski definition) is 4. The Morgan fingerprint density at radius 2 is 2.11 bits per heavy atom. The number of H-pyrrole nitrogens is 1. The molecule has 1 aromatic heterocycles. The number of rotatable bonds is 8. The highest BCUT2D eigenvalue weighted by atomic mass is 16.5. The van der Waals surface area contributed by atoms with Gasteiger partial charge >= 0.3 is 0 Å². The summed E-state index contributed by atoms with van der Waals surface area (Å²) in [5.74, 6) is -1.15. The summed E-state index contributed by atoms with van der Waals surface area (Å²) in [6.45, 7) is 0.342. The number of methoxy groups -OCH3 is 1. The maximum atomic E-state index is 13.6. The summed E-state index contributed by atoms with van der Waals surface area (Å²) in [4.78, 5) is 56.5. The molecule has 1 unspecified atom stereocenters. The maximum absolute atomic E-state index is 13.6. The molecule has 1 saturated carbocycles. The second kappa shape index (κ2) is 9.57. The van der Waals surface area contributed by atoms with Crippen LogP contribution >= 0.6 is 0 Å². The van der Waals surface area contributed by atoms with E-state index in [-0.39, 0.29) is 23.7 Å². The van der Waals surface area contributed by atoms with Crippen LogP contribution in [0.3, 0.4) is 0 Å². The summed E-state index contributed by atoms with van der Waals surface area (Å²) >= 11 is 0. The summed E-state index contributed by atoms with van der Waals surface area (Å²) in [6.07, 6.45) is 3.97. The number of aromatic amines is 1. The smallest absolute Gasteiger partial charge is 0.271 e. The van der Waals surface area contributed by atoms with Crippen molar-refractivity contribution in [2.24, 2.45) is 11.3 Å². The number of fused-ring (bicyclic) bond motifs is 1. The van der Waals surface area contributed by atoms with Crippen molar-refractivity contribution in [2.75, 3.05) is 26.8 Å². The van der Waals surface area contributed by atoms with Crippen molar-refractivity contribution in [1.29, 1.82) is 0 Å². The van der Waals surface area contributed by atoms with Crippen LogP contribution in [0, 0.1) is 11.3 Å². The van der Waals surface area contributed by atoms with E-state index in [9.17, 15) is 24.3 Å². The van der Waals surface area contributed by atoms with Crippen LogP contribution in [0.4, 0.5) is 0 Å². The highest BCUT2D eigenvalue weighted by molar-refractivity contribution is 6.02. The zero-order valence-electron chi connectivity index (χ0n) is 20.3. The van der Waals surface area contributed by atoms with Gasteiger partial charge in [-0.3, -0.25) is 19.2 Å². The van der Waals surface area contributed by atoms with Crippen LogP contribution in [0.1, 0.15) is 49.0 Å². The largest absolute Gasteiger partial charge is 0.496 e. The number of amides is 3. The number of nitrogens with zero attached hydrogens (tertiary/aromatic N) is 1. The SMILES string of the molecule is COc1cccc2[nH]c(C(=O)N3CC4(CC4)CC3C(=O)N[C@@H](C[C@@H]3CCCNC3=O)C(=O)CO)cc12. The standard InChI is InChI=1S/C26H32N4O6/c1-36-22-6-2-5-17-16(22)11-19(28-17)25(35)30-14-26(7-8-26)12-20(30)24(34)29-18(21(32)13-31)10-15-4-3-9-27-23(15)33/h2,5-6,11,15,18,20,28,31H,3-4,7-10,12-14H2,1H3,(H,27,33)(H,29,34)/t15-,18-,20?/m0/s1. The van der Waals surface area contributed by atoms with Gasteiger partial charge in [0.15, 0.2) is 5.78 Å². The molecule has 2 saturated heterocycles. The number of aliphatic hydroxyl groups excluding tert-OH is 1. The molecule has 0 bridgehead atoms. The van der Waals surface area contributed by atoms with E-state index in [1.807, 2.05) is 18.2 Å². The first-order valence-corrected chi connectivity index (χ1v) is 12.5. The van der Waals surface area contributed by atoms with Gasteiger partial charge in [-0.1, -0.05) is 6.07 Å². The van der Waals surface area contributed by atoms with E-state index < -0.39 is 36.3 Å². The summed E-state index contributed by atoms with van der Waals surface area (Å²) < 4.78 is 5.41. The van der Waals surface area contributed by atoms with Gasteiger partial charge < -0.3 is 30.4 Å². The molecule has 3 atom stereocenters. The van der Waals surface area contributed by atoms with Crippen LogP contribution in [0.5, 0.6) is 5.75 Å². The molecule has 2 aromatic rings. The molecule has 3 aliphatic rings. The van der Waals surface area contributed by atoms with Crippen LogP contribution in [-0.4, -0.2) is 77.4 Å². The Hall–Kier alpha value is -3.40. The highest BCUT2D eigenvalue weighted by Gasteiger charge is 2.55. The van der Waals surface area contributed by atoms with Crippen molar-refractivity contribution in [3.05, 3.63) is 30.0 Å². The minimum Gasteiger partial charge on any atom is -0.496 e. The molecule has 10 heteroatoms. The van der Waals surface area contributed by atoms with E-state index in [2.05, 4.69) is 15.6 Å². The Kier molecular flexibility index (Phi) is 6.46. The monoisotopic (exact) mass is 496 g/mol. The summed E-state index contributed by atoms with van der Waals surface area (Å²) in [6, 6.07) is 5.53. The number of Topliss-reactive ketones (excluding diaryl/α,β-unsaturated/α-hetero) is 1. The van der Waals surface area contributed by atoms with Crippen molar-refractivity contribution in [1.82, 2.24) is 20.5 Å². The third-order valence-electron chi connectivity index (χ3n) is 7.88. The fourth-order valence-corrected chi connectivity index (χ4v) is 5.61. The number of hydrogen-bond acceptors (Lipinski definition) is 6. The van der Waals surface area contributed by atoms with Gasteiger partial charge in [0, 0.05) is 29.9 Å². The third-order valence-corrected chi connectivity index (χ3v) is 7.88. The first-order chi connectivity index (χ1) is 17.3. The summed E-state index contributed by atoms with van der Waals surface area (Å²) in [7, 11) is 1.57. The molecule has 5 rings (SSSR count). The molecule has 0 radical (unpaired) electrons. The van der Waals surface area contributed by atoms with Gasteiger partial charge in [-0.05, 0) is 62.1 Å². The number of carbonyl (C=O) groups is 4. The second-order valence-corrected chi connectivity index (χ2v) is 10.3. The van der Waals surface area contributed by atoms with Crippen molar-refractivity contribution < 1.29 is 29.0 Å². The Morgan fingerprint density at radius 3 is 2.81 bits per heavy atom. The fraction of sp³-hybridized carbons (Fsp3) is 0.538. The van der Waals surface area contributed by atoms with Crippen LogP contribution in [-0.2, 0) is 14.4 Å². The molecule has 1 aromatic carbocycles. The lowest BCUT2D eigenvalue weighted by molar-refractivity contribution is -0.133. The number of likely N-dealkylation sites (tertiary alicyclic amines) is 1. The molecule has 36 heavy (non-hydrogen) atoms. The van der Waals surface area contributed by atoms with Crippen molar-refractivity contribution in [2.45, 2.75) is 50.6 Å². The number of benzene rings is 1. The van der Waals surface area contributed by atoms with E-state index in [0.717, 1.165) is 30.2 Å². The zero-order valence-corrected chi connectivity index (χ0v) is 20.3. The molecule has 192 valence electrons. The molecule has 1 spiro atoms. The quantitative estimate of drug-likeness (QED) is 0.432. The Balaban J connectivity index is 1.36. The normalized spacial score (nSPS) is 23.4. The molecule has 3 fully saturated rings. The Morgan fingerprint density at radius 1 is 1.31 bits per heavy atom. The van der Waals surface area contributed by atoms with Crippen LogP contribution in [0.25, 0.3) is 10.9 Å². The topological polar surface area (TPSA) is 141 Å². The van der Waals surface area contributed by atoms with Gasteiger partial charge in [-0.2, -0.15) is 0 Å². The number of aromatic nitrogens is 1. The number of carbonyl (C=O) groups excluding carboxylic acids is 4. The number of piperidine rings is 1. The number of aliphatic hydroxyl groups is 1. The van der Waals surface area contributed by atoms with E-state index in [1.165, 1.54) is 0 Å². The summed E-state index contributed by atoms with van der Waals surface area (Å²) in [5, 5.41) is 15.8. The minimum atomic E-state index is -0.985. The molecular formula is C26H32N4O6. The lowest BCUT2D eigenvalue weighted by Gasteiger charge is -2.28. The first-order valence-electron chi connectivity index (χ1n) is 12.5. The van der Waals surface area contributed by atoms with Gasteiger partial charge in [0.1, 0.15) is 24.1 Å². The van der Waals surface area contributed by atoms with Crippen LogP contribution in [0.15, 0.2) is 24.3 Å². The molecule has 4 N–H and O–H groups in total. The van der Waals surface area contributed by atoms with Gasteiger partial charge in [-0.25, -0.2) is 0 Å². The van der Waals surface area contributed by atoms with Gasteiger partial charge in [0.2, 0.25) is 11.8 Å². The Labute approximate surface area is 208 Å². The average Bonchev–Trinajstić information content (AvgIpc) is 3.32. The van der Waals surface area contributed by atoms with Gasteiger partial charge in [0.25, 0.3) is 5.91 Å². The number of ketones is 1. The van der Waals surface area contributed by atoms with Crippen LogP contribution < -0.4 is 15.4 Å². The fourth-order valence-electron chi connectivity index (χ4n) is 5.61. The molecule has 1 aliphatic carbocycles. The number of ether oxygens (including phenoxy) is 1. The first kappa shape index (κ1) is 24.3. The van der Waals surface area contributed by atoms with E-state index in [4.69, 9.17) is 4.74 Å². The average molecular weight is 497 g/mol. The highest BCUT2D eigenvalue weighted by Crippen LogP contribution is 2.55.